The average molecular weight is 527 g/mol. The Bertz CT molecular complexity index is 1520. The Morgan fingerprint density at radius 3 is 2.66 bits per heavy atom. The number of carboxylic acids is 1. The van der Waals surface area contributed by atoms with Crippen LogP contribution in [-0.4, -0.2) is 27.1 Å². The number of amides is 1. The highest BCUT2D eigenvalue weighted by atomic mass is 32.1. The molecule has 0 unspecified atom stereocenters. The third kappa shape index (κ3) is 4.88. The topological polar surface area (TPSA) is 108 Å². The van der Waals surface area contributed by atoms with E-state index in [4.69, 9.17) is 16.6 Å². The highest BCUT2D eigenvalue weighted by Gasteiger charge is 2.42. The second-order valence-electron chi connectivity index (χ2n) is 8.99. The quantitative estimate of drug-likeness (QED) is 0.257. The summed E-state index contributed by atoms with van der Waals surface area (Å²) in [4.78, 5) is 30.0. The minimum absolute atomic E-state index is 0.0533. The zero-order valence-corrected chi connectivity index (χ0v) is 21.7. The number of carbonyl (C=O) groups excluding carboxylic acids is 1. The van der Waals surface area contributed by atoms with Gasteiger partial charge in [0.1, 0.15) is 17.6 Å². The lowest BCUT2D eigenvalue weighted by atomic mass is 10.0. The SMILES string of the molecule is CCC(=O)Nc1ccc(N2C(=S)N[C@H](c3ccccn3)[C@H]2c2ccc(-c3cccc(C(=O)O)c3)o2)cc1C. The van der Waals surface area contributed by atoms with Crippen LogP contribution in [0.2, 0.25) is 0 Å². The normalized spacial score (nSPS) is 16.8. The molecule has 8 nitrogen and oxygen atoms in total. The van der Waals surface area contributed by atoms with Crippen molar-refractivity contribution in [2.75, 3.05) is 10.2 Å². The van der Waals surface area contributed by atoms with Gasteiger partial charge in [0.15, 0.2) is 5.11 Å². The standard InChI is InChI=1S/C29H26N4O4S/c1-3-25(34)31-21-11-10-20(15-17(21)2)33-27(26(32-29(33)38)22-9-4-5-14-30-22)24-13-12-23(37-24)18-7-6-8-19(16-18)28(35)36/h4-16,26-27H,3H2,1-2H3,(H,31,34)(H,32,38)(H,35,36)/t26-,27-/m1/s1. The first kappa shape index (κ1) is 25.2. The summed E-state index contributed by atoms with van der Waals surface area (Å²) in [5.74, 6) is 0.140. The van der Waals surface area contributed by atoms with E-state index in [9.17, 15) is 14.7 Å². The van der Waals surface area contributed by atoms with Crippen LogP contribution in [0.4, 0.5) is 11.4 Å². The number of pyridine rings is 1. The van der Waals surface area contributed by atoms with E-state index in [1.54, 1.807) is 24.4 Å². The number of aromatic nitrogens is 1. The third-order valence-corrected chi connectivity index (χ3v) is 6.81. The first-order chi connectivity index (χ1) is 18.4. The molecule has 1 aliphatic heterocycles. The summed E-state index contributed by atoms with van der Waals surface area (Å²) in [6, 6.07) is 21.2. The van der Waals surface area contributed by atoms with Crippen molar-refractivity contribution in [1.29, 1.82) is 0 Å². The Labute approximate surface area is 225 Å². The van der Waals surface area contributed by atoms with Crippen molar-refractivity contribution >= 4 is 40.6 Å². The van der Waals surface area contributed by atoms with E-state index in [0.717, 1.165) is 22.6 Å². The number of hydrogen-bond donors (Lipinski definition) is 3. The van der Waals surface area contributed by atoms with Gasteiger partial charge in [-0.2, -0.15) is 0 Å². The van der Waals surface area contributed by atoms with Crippen molar-refractivity contribution in [3.8, 4) is 11.3 Å². The number of anilines is 2. The number of thiocarbonyl (C=S) groups is 1. The maximum absolute atomic E-state index is 11.9. The van der Waals surface area contributed by atoms with Crippen LogP contribution in [0.25, 0.3) is 11.3 Å². The fourth-order valence-electron chi connectivity index (χ4n) is 4.57. The highest BCUT2D eigenvalue weighted by molar-refractivity contribution is 7.80. The van der Waals surface area contributed by atoms with Crippen LogP contribution in [-0.2, 0) is 4.79 Å². The lowest BCUT2D eigenvalue weighted by molar-refractivity contribution is -0.115. The number of nitrogens with zero attached hydrogens (tertiary/aromatic N) is 2. The lowest BCUT2D eigenvalue weighted by Crippen LogP contribution is -2.29. The van der Waals surface area contributed by atoms with Gasteiger partial charge in [-0.3, -0.25) is 9.78 Å². The molecule has 1 saturated heterocycles. The molecule has 2 atom stereocenters. The summed E-state index contributed by atoms with van der Waals surface area (Å²) < 4.78 is 6.34. The number of nitrogens with one attached hydrogen (secondary N) is 2. The minimum Gasteiger partial charge on any atom is -0.478 e. The van der Waals surface area contributed by atoms with Gasteiger partial charge in [0.05, 0.1) is 17.3 Å². The summed E-state index contributed by atoms with van der Waals surface area (Å²) in [7, 11) is 0. The fourth-order valence-corrected chi connectivity index (χ4v) is 4.92. The molecule has 0 aliphatic carbocycles. The predicted molar refractivity (Wildman–Crippen MR) is 149 cm³/mol. The van der Waals surface area contributed by atoms with Crippen molar-refractivity contribution in [3.63, 3.8) is 0 Å². The molecule has 1 aliphatic rings. The zero-order valence-electron chi connectivity index (χ0n) is 20.8. The molecule has 0 saturated carbocycles. The van der Waals surface area contributed by atoms with Crippen LogP contribution in [0.3, 0.4) is 0 Å². The summed E-state index contributed by atoms with van der Waals surface area (Å²) in [6.07, 6.45) is 2.13. The molecule has 0 spiro atoms. The molecule has 0 bridgehead atoms. The molecule has 1 amide bonds. The van der Waals surface area contributed by atoms with Gasteiger partial charge in [-0.1, -0.05) is 25.1 Å². The molecule has 2 aromatic heterocycles. The molecule has 38 heavy (non-hydrogen) atoms. The molecule has 1 fully saturated rings. The Hall–Kier alpha value is -4.50. The molecule has 0 radical (unpaired) electrons. The van der Waals surface area contributed by atoms with Crippen LogP contribution in [0, 0.1) is 6.92 Å². The molecule has 3 heterocycles. The highest BCUT2D eigenvalue weighted by Crippen LogP contribution is 2.43. The van der Waals surface area contributed by atoms with Gasteiger partial charge >= 0.3 is 5.97 Å². The number of aryl methyl sites for hydroxylation is 1. The minimum atomic E-state index is -1.00. The van der Waals surface area contributed by atoms with E-state index in [1.165, 1.54) is 0 Å². The predicted octanol–water partition coefficient (Wildman–Crippen LogP) is 5.87. The van der Waals surface area contributed by atoms with Crippen molar-refractivity contribution in [1.82, 2.24) is 10.3 Å². The summed E-state index contributed by atoms with van der Waals surface area (Å²) in [5, 5.41) is 16.2. The monoisotopic (exact) mass is 526 g/mol. The number of benzene rings is 2. The smallest absolute Gasteiger partial charge is 0.335 e. The van der Waals surface area contributed by atoms with Gasteiger partial charge in [-0.05, 0) is 79.3 Å². The van der Waals surface area contributed by atoms with Crippen molar-refractivity contribution in [3.05, 3.63) is 102 Å². The van der Waals surface area contributed by atoms with Gasteiger partial charge in [0.25, 0.3) is 0 Å². The second-order valence-corrected chi connectivity index (χ2v) is 9.37. The molecule has 9 heteroatoms. The Morgan fingerprint density at radius 1 is 1.11 bits per heavy atom. The van der Waals surface area contributed by atoms with E-state index in [0.29, 0.717) is 28.6 Å². The van der Waals surface area contributed by atoms with Gasteiger partial charge < -0.3 is 25.1 Å². The number of carboxylic acid groups (broad SMARTS) is 1. The van der Waals surface area contributed by atoms with Crippen molar-refractivity contribution in [2.45, 2.75) is 32.4 Å². The van der Waals surface area contributed by atoms with Gasteiger partial charge in [0.2, 0.25) is 5.91 Å². The second kappa shape index (κ2) is 10.5. The van der Waals surface area contributed by atoms with E-state index in [2.05, 4.69) is 15.6 Å². The Kier molecular flexibility index (Phi) is 6.93. The maximum atomic E-state index is 11.9. The summed E-state index contributed by atoms with van der Waals surface area (Å²) >= 11 is 5.80. The average Bonchev–Trinajstić information content (AvgIpc) is 3.55. The molecule has 3 N–H and O–H groups in total. The van der Waals surface area contributed by atoms with Crippen molar-refractivity contribution < 1.29 is 19.1 Å². The molecule has 4 aromatic rings. The number of furan rings is 1. The van der Waals surface area contributed by atoms with E-state index >= 15 is 0 Å². The number of hydrogen-bond acceptors (Lipinski definition) is 5. The van der Waals surface area contributed by atoms with Crippen LogP contribution in [0.5, 0.6) is 0 Å². The maximum Gasteiger partial charge on any atom is 0.335 e. The van der Waals surface area contributed by atoms with Crippen LogP contribution in [0.1, 0.15) is 52.8 Å². The first-order valence-corrected chi connectivity index (χ1v) is 12.6. The molecule has 5 rings (SSSR count). The summed E-state index contributed by atoms with van der Waals surface area (Å²) in [6.45, 7) is 3.75. The number of rotatable bonds is 7. The Balaban J connectivity index is 1.56. The largest absolute Gasteiger partial charge is 0.478 e. The van der Waals surface area contributed by atoms with E-state index in [1.807, 2.05) is 73.3 Å². The van der Waals surface area contributed by atoms with Crippen LogP contribution < -0.4 is 15.5 Å². The molecular weight excluding hydrogens is 500 g/mol. The van der Waals surface area contributed by atoms with Gasteiger partial charge in [0, 0.05) is 29.6 Å². The van der Waals surface area contributed by atoms with Gasteiger partial charge in [-0.15, -0.1) is 0 Å². The van der Waals surface area contributed by atoms with Gasteiger partial charge in [-0.25, -0.2) is 4.79 Å². The fraction of sp³-hybridized carbons (Fsp3) is 0.172. The van der Waals surface area contributed by atoms with Crippen LogP contribution >= 0.6 is 12.2 Å². The zero-order chi connectivity index (χ0) is 26.8. The summed E-state index contributed by atoms with van der Waals surface area (Å²) in [5.41, 5.74) is 4.13. The Morgan fingerprint density at radius 2 is 1.95 bits per heavy atom. The van der Waals surface area contributed by atoms with Crippen LogP contribution in [0.15, 0.2) is 83.4 Å². The molecular formula is C29H26N4O4S. The lowest BCUT2D eigenvalue weighted by Gasteiger charge is -2.26. The third-order valence-electron chi connectivity index (χ3n) is 6.49. The van der Waals surface area contributed by atoms with E-state index < -0.39 is 5.97 Å². The first-order valence-electron chi connectivity index (χ1n) is 12.2. The van der Waals surface area contributed by atoms with E-state index in [-0.39, 0.29) is 23.6 Å². The molecule has 192 valence electrons. The molecule has 2 aromatic carbocycles. The van der Waals surface area contributed by atoms with Crippen molar-refractivity contribution in [2.24, 2.45) is 0 Å². The number of aromatic carboxylic acids is 1. The number of carbonyl (C=O) groups is 2.